The van der Waals surface area contributed by atoms with Crippen LogP contribution in [0.5, 0.6) is 0 Å². The van der Waals surface area contributed by atoms with Crippen LogP contribution in [0.2, 0.25) is 19.1 Å². The second kappa shape index (κ2) is 3.76. The second-order valence-electron chi connectivity index (χ2n) is 2.98. The van der Waals surface area contributed by atoms with Gasteiger partial charge in [-0.25, -0.2) is 0 Å². The van der Waals surface area contributed by atoms with Gasteiger partial charge in [0.1, 0.15) is 0 Å². The van der Waals surface area contributed by atoms with Crippen LogP contribution in [0.4, 0.5) is 0 Å². The first-order chi connectivity index (χ1) is 4.48. The zero-order valence-electron chi connectivity index (χ0n) is 6.94. The summed E-state index contributed by atoms with van der Waals surface area (Å²) in [6.07, 6.45) is 1.08. The highest BCUT2D eigenvalue weighted by Crippen LogP contribution is 2.12. The lowest BCUT2D eigenvalue weighted by atomic mass is 10.6. The molecule has 0 heterocycles. The SMILES string of the molecule is [CH2]C(=O)O[Si](C)(C)CCC. The van der Waals surface area contributed by atoms with Gasteiger partial charge in [0.25, 0.3) is 5.97 Å². The predicted molar refractivity (Wildman–Crippen MR) is 44.0 cm³/mol. The Morgan fingerprint density at radius 3 is 2.40 bits per heavy atom. The van der Waals surface area contributed by atoms with Crippen molar-refractivity contribution in [1.29, 1.82) is 0 Å². The van der Waals surface area contributed by atoms with Crippen LogP contribution in [0.1, 0.15) is 13.3 Å². The van der Waals surface area contributed by atoms with Gasteiger partial charge in [-0.3, -0.25) is 4.79 Å². The standard InChI is InChI=1S/C7H15O2Si/c1-5-6-10(3,4)9-7(2)8/h2,5-6H2,1,3-4H3. The first-order valence-corrected chi connectivity index (χ1v) is 6.64. The van der Waals surface area contributed by atoms with Crippen LogP contribution in [0.3, 0.4) is 0 Å². The van der Waals surface area contributed by atoms with Gasteiger partial charge in [-0.1, -0.05) is 13.3 Å². The molecule has 0 aromatic heterocycles. The third-order valence-corrected chi connectivity index (χ3v) is 3.73. The highest BCUT2D eigenvalue weighted by atomic mass is 28.4. The molecule has 0 aliphatic heterocycles. The van der Waals surface area contributed by atoms with E-state index in [2.05, 4.69) is 13.8 Å². The Balaban J connectivity index is 3.74. The molecule has 0 aromatic rings. The molecule has 3 heteroatoms. The normalized spacial score (nSPS) is 11.2. The molecule has 0 atom stereocenters. The van der Waals surface area contributed by atoms with Gasteiger partial charge in [-0.15, -0.1) is 0 Å². The Labute approximate surface area is 63.7 Å². The second-order valence-corrected chi connectivity index (χ2v) is 7.21. The van der Waals surface area contributed by atoms with Crippen molar-refractivity contribution >= 4 is 14.3 Å². The third kappa shape index (κ3) is 4.55. The molecule has 0 aromatic carbocycles. The lowest BCUT2D eigenvalue weighted by molar-refractivity contribution is -0.130. The summed E-state index contributed by atoms with van der Waals surface area (Å²) in [5.41, 5.74) is 0. The first kappa shape index (κ1) is 9.69. The van der Waals surface area contributed by atoms with E-state index in [1.54, 1.807) is 0 Å². The Morgan fingerprint density at radius 1 is 1.60 bits per heavy atom. The van der Waals surface area contributed by atoms with Crippen molar-refractivity contribution in [3.63, 3.8) is 0 Å². The maximum Gasteiger partial charge on any atom is 0.293 e. The molecule has 0 amide bonds. The summed E-state index contributed by atoms with van der Waals surface area (Å²) in [6.45, 7) is 9.32. The molecular formula is C7H15O2Si. The fourth-order valence-electron chi connectivity index (χ4n) is 0.961. The minimum absolute atomic E-state index is 0.384. The Bertz CT molecular complexity index is 121. The van der Waals surface area contributed by atoms with Gasteiger partial charge in [0.15, 0.2) is 0 Å². The van der Waals surface area contributed by atoms with E-state index in [1.807, 2.05) is 13.1 Å². The minimum Gasteiger partial charge on any atom is -0.520 e. The van der Waals surface area contributed by atoms with E-state index in [-0.39, 0.29) is 5.97 Å². The molecule has 0 fully saturated rings. The van der Waals surface area contributed by atoms with Crippen LogP contribution in [0.25, 0.3) is 0 Å². The summed E-state index contributed by atoms with van der Waals surface area (Å²) >= 11 is 0. The van der Waals surface area contributed by atoms with Crippen molar-refractivity contribution in [2.24, 2.45) is 0 Å². The molecule has 0 saturated heterocycles. The lowest BCUT2D eigenvalue weighted by Crippen LogP contribution is -2.31. The van der Waals surface area contributed by atoms with Gasteiger partial charge in [-0.05, 0) is 19.1 Å². The molecule has 0 spiro atoms. The zero-order chi connectivity index (χ0) is 8.20. The van der Waals surface area contributed by atoms with E-state index in [0.29, 0.717) is 0 Å². The van der Waals surface area contributed by atoms with Crippen molar-refractivity contribution in [3.05, 3.63) is 6.92 Å². The molecule has 1 radical (unpaired) electrons. The molecule has 59 valence electrons. The largest absolute Gasteiger partial charge is 0.520 e. The molecule has 0 aliphatic rings. The number of carbonyl (C=O) groups is 1. The fourth-order valence-corrected chi connectivity index (χ4v) is 2.88. The van der Waals surface area contributed by atoms with Crippen molar-refractivity contribution < 1.29 is 9.22 Å². The predicted octanol–water partition coefficient (Wildman–Crippen LogP) is 1.98. The molecule has 0 N–H and O–H groups in total. The van der Waals surface area contributed by atoms with E-state index in [9.17, 15) is 4.79 Å². The highest BCUT2D eigenvalue weighted by molar-refractivity contribution is 6.72. The molecule has 0 bridgehead atoms. The van der Waals surface area contributed by atoms with Crippen LogP contribution in [-0.2, 0) is 9.22 Å². The maximum atomic E-state index is 10.4. The zero-order valence-corrected chi connectivity index (χ0v) is 7.94. The van der Waals surface area contributed by atoms with E-state index < -0.39 is 8.32 Å². The Kier molecular flexibility index (Phi) is 3.64. The molecule has 0 unspecified atom stereocenters. The van der Waals surface area contributed by atoms with Gasteiger partial charge >= 0.3 is 0 Å². The van der Waals surface area contributed by atoms with Crippen LogP contribution >= 0.6 is 0 Å². The Morgan fingerprint density at radius 2 is 2.10 bits per heavy atom. The monoisotopic (exact) mass is 159 g/mol. The number of hydrogen-bond acceptors (Lipinski definition) is 2. The lowest BCUT2D eigenvalue weighted by Gasteiger charge is -2.20. The smallest absolute Gasteiger partial charge is 0.293 e. The van der Waals surface area contributed by atoms with Crippen molar-refractivity contribution in [2.75, 3.05) is 0 Å². The summed E-state index contributed by atoms with van der Waals surface area (Å²) in [5, 5.41) is 0. The molecular weight excluding hydrogens is 144 g/mol. The summed E-state index contributed by atoms with van der Waals surface area (Å²) in [5.74, 6) is -0.384. The maximum absolute atomic E-state index is 10.4. The summed E-state index contributed by atoms with van der Waals surface area (Å²) in [6, 6.07) is 1.02. The summed E-state index contributed by atoms with van der Waals surface area (Å²) in [4.78, 5) is 10.4. The van der Waals surface area contributed by atoms with Gasteiger partial charge in [-0.2, -0.15) is 0 Å². The quantitative estimate of drug-likeness (QED) is 0.589. The van der Waals surface area contributed by atoms with Crippen molar-refractivity contribution in [2.45, 2.75) is 32.5 Å². The summed E-state index contributed by atoms with van der Waals surface area (Å²) < 4.78 is 5.07. The molecule has 10 heavy (non-hydrogen) atoms. The van der Waals surface area contributed by atoms with Crippen LogP contribution in [-0.4, -0.2) is 14.3 Å². The topological polar surface area (TPSA) is 26.3 Å². The number of carbonyl (C=O) groups excluding carboxylic acids is 1. The van der Waals surface area contributed by atoms with Crippen LogP contribution < -0.4 is 0 Å². The van der Waals surface area contributed by atoms with Crippen molar-refractivity contribution in [3.8, 4) is 0 Å². The fraction of sp³-hybridized carbons (Fsp3) is 0.714. The number of rotatable bonds is 3. The highest BCUT2D eigenvalue weighted by Gasteiger charge is 2.23. The molecule has 0 saturated carbocycles. The van der Waals surface area contributed by atoms with E-state index in [0.717, 1.165) is 12.5 Å². The van der Waals surface area contributed by atoms with Crippen LogP contribution in [0.15, 0.2) is 0 Å². The van der Waals surface area contributed by atoms with E-state index in [4.69, 9.17) is 4.43 Å². The first-order valence-electron chi connectivity index (χ1n) is 3.53. The van der Waals surface area contributed by atoms with Gasteiger partial charge < -0.3 is 4.43 Å². The van der Waals surface area contributed by atoms with Gasteiger partial charge in [0.2, 0.25) is 8.32 Å². The van der Waals surface area contributed by atoms with E-state index >= 15 is 0 Å². The number of hydrogen-bond donors (Lipinski definition) is 0. The third-order valence-electron chi connectivity index (χ3n) is 1.24. The molecule has 0 rings (SSSR count). The van der Waals surface area contributed by atoms with Gasteiger partial charge in [0, 0.05) is 0 Å². The summed E-state index contributed by atoms with van der Waals surface area (Å²) in [7, 11) is -1.68. The van der Waals surface area contributed by atoms with Crippen LogP contribution in [0, 0.1) is 6.92 Å². The van der Waals surface area contributed by atoms with E-state index in [1.165, 1.54) is 0 Å². The average Bonchev–Trinajstić information content (AvgIpc) is 1.59. The average molecular weight is 159 g/mol. The Hall–Kier alpha value is -0.313. The minimum atomic E-state index is -1.68. The van der Waals surface area contributed by atoms with Crippen molar-refractivity contribution in [1.82, 2.24) is 0 Å². The molecule has 2 nitrogen and oxygen atoms in total. The molecule has 0 aliphatic carbocycles. The van der Waals surface area contributed by atoms with Gasteiger partial charge in [0.05, 0.1) is 6.92 Å².